The van der Waals surface area contributed by atoms with Crippen LogP contribution in [0.25, 0.3) is 10.8 Å². The van der Waals surface area contributed by atoms with Gasteiger partial charge in [-0.1, -0.05) is 24.3 Å². The lowest BCUT2D eigenvalue weighted by atomic mass is 10.1. The second-order valence-electron chi connectivity index (χ2n) is 6.12. The van der Waals surface area contributed by atoms with Crippen LogP contribution in [0.1, 0.15) is 11.3 Å². The maximum atomic E-state index is 12.4. The molecule has 0 aliphatic rings. The predicted octanol–water partition coefficient (Wildman–Crippen LogP) is 2.83. The monoisotopic (exact) mass is 404 g/mol. The Labute approximate surface area is 164 Å². The van der Waals surface area contributed by atoms with Gasteiger partial charge in [-0.05, 0) is 23.8 Å². The SMILES string of the molecule is COc1cc(COC(=O)Cc2nn(C)c(=O)c3ccccc23)ccc1OC(F)F. The molecule has 2 aromatic carbocycles. The van der Waals surface area contributed by atoms with Crippen molar-refractivity contribution in [3.8, 4) is 11.5 Å². The third-order valence-corrected chi connectivity index (χ3v) is 4.19. The molecule has 9 heteroatoms. The van der Waals surface area contributed by atoms with Crippen LogP contribution < -0.4 is 15.0 Å². The zero-order valence-electron chi connectivity index (χ0n) is 15.7. The van der Waals surface area contributed by atoms with Crippen LogP contribution in [0.3, 0.4) is 0 Å². The molecule has 0 bridgehead atoms. The molecule has 29 heavy (non-hydrogen) atoms. The van der Waals surface area contributed by atoms with Crippen LogP contribution in [0.4, 0.5) is 8.78 Å². The number of aromatic nitrogens is 2. The summed E-state index contributed by atoms with van der Waals surface area (Å²) in [5.41, 5.74) is 0.706. The van der Waals surface area contributed by atoms with Gasteiger partial charge in [0.05, 0.1) is 24.6 Å². The van der Waals surface area contributed by atoms with Gasteiger partial charge in [0.15, 0.2) is 11.5 Å². The summed E-state index contributed by atoms with van der Waals surface area (Å²) in [4.78, 5) is 24.4. The summed E-state index contributed by atoms with van der Waals surface area (Å²) in [5.74, 6) is -0.559. The number of halogens is 2. The Balaban J connectivity index is 1.72. The van der Waals surface area contributed by atoms with Crippen molar-refractivity contribution in [1.82, 2.24) is 9.78 Å². The van der Waals surface area contributed by atoms with Gasteiger partial charge < -0.3 is 14.2 Å². The minimum Gasteiger partial charge on any atom is -0.493 e. The summed E-state index contributed by atoms with van der Waals surface area (Å²) in [6.07, 6.45) is -0.127. The van der Waals surface area contributed by atoms with Crippen molar-refractivity contribution in [3.05, 3.63) is 64.1 Å². The van der Waals surface area contributed by atoms with E-state index in [-0.39, 0.29) is 30.1 Å². The van der Waals surface area contributed by atoms with Gasteiger partial charge in [-0.25, -0.2) is 4.68 Å². The van der Waals surface area contributed by atoms with Crippen LogP contribution in [-0.4, -0.2) is 29.5 Å². The van der Waals surface area contributed by atoms with Gasteiger partial charge >= 0.3 is 12.6 Å². The minimum atomic E-state index is -2.98. The van der Waals surface area contributed by atoms with Crippen molar-refractivity contribution < 1.29 is 27.8 Å². The van der Waals surface area contributed by atoms with E-state index in [4.69, 9.17) is 9.47 Å². The number of aryl methyl sites for hydroxylation is 1. The highest BCUT2D eigenvalue weighted by Gasteiger charge is 2.15. The summed E-state index contributed by atoms with van der Waals surface area (Å²) in [5, 5.41) is 5.21. The zero-order valence-corrected chi connectivity index (χ0v) is 15.7. The van der Waals surface area contributed by atoms with Crippen LogP contribution in [0.5, 0.6) is 11.5 Å². The second-order valence-corrected chi connectivity index (χ2v) is 6.12. The van der Waals surface area contributed by atoms with Crippen LogP contribution >= 0.6 is 0 Å². The standard InChI is InChI=1S/C20H18F2N2O5/c1-24-19(26)14-6-4-3-5-13(14)15(23-24)10-18(25)28-11-12-7-8-16(29-20(21)22)17(9-12)27-2/h3-9,20H,10-11H2,1-2H3. The lowest BCUT2D eigenvalue weighted by molar-refractivity contribution is -0.144. The number of methoxy groups -OCH3 is 1. The van der Waals surface area contributed by atoms with E-state index in [0.29, 0.717) is 22.0 Å². The lowest BCUT2D eigenvalue weighted by Gasteiger charge is -2.12. The second kappa shape index (κ2) is 8.68. The number of hydrogen-bond donors (Lipinski definition) is 0. The van der Waals surface area contributed by atoms with Gasteiger partial charge in [-0.15, -0.1) is 0 Å². The van der Waals surface area contributed by atoms with E-state index in [1.807, 2.05) is 0 Å². The highest BCUT2D eigenvalue weighted by molar-refractivity contribution is 5.86. The first-order valence-corrected chi connectivity index (χ1v) is 8.61. The summed E-state index contributed by atoms with van der Waals surface area (Å²) in [6, 6.07) is 11.1. The number of carbonyl (C=O) groups excluding carboxylic acids is 1. The number of carbonyl (C=O) groups is 1. The molecule has 0 saturated carbocycles. The molecule has 1 heterocycles. The summed E-state index contributed by atoms with van der Waals surface area (Å²) < 4.78 is 40.6. The quantitative estimate of drug-likeness (QED) is 0.564. The van der Waals surface area contributed by atoms with Gasteiger partial charge in [0.2, 0.25) is 0 Å². The summed E-state index contributed by atoms with van der Waals surface area (Å²) >= 11 is 0. The van der Waals surface area contributed by atoms with E-state index in [9.17, 15) is 18.4 Å². The molecule has 7 nitrogen and oxygen atoms in total. The molecule has 0 saturated heterocycles. The van der Waals surface area contributed by atoms with E-state index >= 15 is 0 Å². The maximum Gasteiger partial charge on any atom is 0.387 e. The topological polar surface area (TPSA) is 79.7 Å². The summed E-state index contributed by atoms with van der Waals surface area (Å²) in [6.45, 7) is -3.06. The third kappa shape index (κ3) is 4.68. The van der Waals surface area contributed by atoms with Crippen molar-refractivity contribution in [2.75, 3.05) is 7.11 Å². The molecule has 3 rings (SSSR count). The Kier molecular flexibility index (Phi) is 6.06. The highest BCUT2D eigenvalue weighted by Crippen LogP contribution is 2.29. The largest absolute Gasteiger partial charge is 0.493 e. The van der Waals surface area contributed by atoms with Gasteiger partial charge in [0.1, 0.15) is 6.61 Å². The Bertz CT molecular complexity index is 1100. The Morgan fingerprint density at radius 2 is 1.86 bits per heavy atom. The number of benzene rings is 2. The molecule has 0 fully saturated rings. The van der Waals surface area contributed by atoms with Crippen molar-refractivity contribution >= 4 is 16.7 Å². The molecule has 0 aliphatic carbocycles. The zero-order chi connectivity index (χ0) is 21.0. The van der Waals surface area contributed by atoms with E-state index in [0.717, 1.165) is 0 Å². The predicted molar refractivity (Wildman–Crippen MR) is 100 cm³/mol. The number of hydrogen-bond acceptors (Lipinski definition) is 6. The first-order valence-electron chi connectivity index (χ1n) is 8.61. The van der Waals surface area contributed by atoms with E-state index in [1.165, 1.54) is 37.0 Å². The van der Waals surface area contributed by atoms with E-state index in [1.54, 1.807) is 24.3 Å². The van der Waals surface area contributed by atoms with Crippen LogP contribution in [0.2, 0.25) is 0 Å². The van der Waals surface area contributed by atoms with Crippen LogP contribution in [0, 0.1) is 0 Å². The summed E-state index contributed by atoms with van der Waals surface area (Å²) in [7, 11) is 2.83. The van der Waals surface area contributed by atoms with Crippen LogP contribution in [-0.2, 0) is 29.6 Å². The number of nitrogens with zero attached hydrogens (tertiary/aromatic N) is 2. The van der Waals surface area contributed by atoms with E-state index < -0.39 is 12.6 Å². The van der Waals surface area contributed by atoms with Crippen molar-refractivity contribution in [2.45, 2.75) is 19.6 Å². The van der Waals surface area contributed by atoms with Gasteiger partial charge in [0.25, 0.3) is 5.56 Å². The smallest absolute Gasteiger partial charge is 0.387 e. The molecule has 0 atom stereocenters. The van der Waals surface area contributed by atoms with Crippen molar-refractivity contribution in [1.29, 1.82) is 0 Å². The number of ether oxygens (including phenoxy) is 3. The normalized spacial score (nSPS) is 10.9. The molecule has 152 valence electrons. The fraction of sp³-hybridized carbons (Fsp3) is 0.250. The first kappa shape index (κ1) is 20.2. The Hall–Kier alpha value is -3.49. The Morgan fingerprint density at radius 3 is 2.55 bits per heavy atom. The molecular formula is C20H18F2N2O5. The average Bonchev–Trinajstić information content (AvgIpc) is 2.70. The maximum absolute atomic E-state index is 12.4. The minimum absolute atomic E-state index is 0.0894. The molecular weight excluding hydrogens is 386 g/mol. The molecule has 1 aromatic heterocycles. The number of fused-ring (bicyclic) bond motifs is 1. The number of alkyl halides is 2. The molecule has 0 spiro atoms. The van der Waals surface area contributed by atoms with Crippen molar-refractivity contribution in [2.24, 2.45) is 7.05 Å². The molecule has 3 aromatic rings. The van der Waals surface area contributed by atoms with Gasteiger partial charge in [-0.3, -0.25) is 9.59 Å². The van der Waals surface area contributed by atoms with Gasteiger partial charge in [0, 0.05) is 12.4 Å². The van der Waals surface area contributed by atoms with Gasteiger partial charge in [-0.2, -0.15) is 13.9 Å². The fourth-order valence-corrected chi connectivity index (χ4v) is 2.85. The fourth-order valence-electron chi connectivity index (χ4n) is 2.85. The molecule has 0 unspecified atom stereocenters. The van der Waals surface area contributed by atoms with E-state index in [2.05, 4.69) is 9.84 Å². The highest BCUT2D eigenvalue weighted by atomic mass is 19.3. The molecule has 0 amide bonds. The van der Waals surface area contributed by atoms with Crippen molar-refractivity contribution in [3.63, 3.8) is 0 Å². The third-order valence-electron chi connectivity index (χ3n) is 4.19. The Morgan fingerprint density at radius 1 is 1.14 bits per heavy atom. The molecule has 0 radical (unpaired) electrons. The lowest BCUT2D eigenvalue weighted by Crippen LogP contribution is -2.22. The molecule has 0 N–H and O–H groups in total. The number of esters is 1. The number of rotatable bonds is 7. The molecule has 0 aliphatic heterocycles. The average molecular weight is 404 g/mol. The van der Waals surface area contributed by atoms with Crippen LogP contribution in [0.15, 0.2) is 47.3 Å². The first-order chi connectivity index (χ1) is 13.9.